The fraction of sp³-hybridized carbons (Fsp3) is 0.909. The zero-order valence-electron chi connectivity index (χ0n) is 9.80. The molecule has 13 heavy (non-hydrogen) atoms. The first-order valence-corrected chi connectivity index (χ1v) is 5.41. The Morgan fingerprint density at radius 3 is 2.08 bits per heavy atom. The lowest BCUT2D eigenvalue weighted by Gasteiger charge is -2.24. The van der Waals surface area contributed by atoms with Crippen LogP contribution in [0.2, 0.25) is 0 Å². The van der Waals surface area contributed by atoms with Gasteiger partial charge in [0, 0.05) is 6.54 Å². The molecule has 0 radical (unpaired) electrons. The van der Waals surface area contributed by atoms with Crippen molar-refractivity contribution in [2.75, 3.05) is 20.1 Å². The third kappa shape index (κ3) is 7.80. The molecule has 0 aliphatic carbocycles. The van der Waals surface area contributed by atoms with Crippen LogP contribution in [0.15, 0.2) is 0 Å². The average molecular weight is 184 g/mol. The zero-order valence-corrected chi connectivity index (χ0v) is 9.80. The van der Waals surface area contributed by atoms with Crippen LogP contribution in [0.1, 0.15) is 40.5 Å². The molecule has 1 rings (SSSR count). The average Bonchev–Trinajstić information content (AvgIpc) is 2.24. The van der Waals surface area contributed by atoms with E-state index in [1.54, 1.807) is 0 Å². The summed E-state index contributed by atoms with van der Waals surface area (Å²) in [7, 11) is 2.07. The van der Waals surface area contributed by atoms with Crippen LogP contribution < -0.4 is 0 Å². The summed E-state index contributed by atoms with van der Waals surface area (Å²) in [6.07, 6.45) is 2.29. The Hall–Kier alpha value is -0.550. The van der Waals surface area contributed by atoms with Gasteiger partial charge in [-0.1, -0.05) is 27.7 Å². The standard InChI is InChI=1S/C7H12N2.2C2H6/c1-9-4-2-3-7(5-8)6-9;2*1-2/h7H,2-4,6H2,1H3;2*1-2H3. The van der Waals surface area contributed by atoms with Crippen LogP contribution in [0.3, 0.4) is 0 Å². The first-order valence-electron chi connectivity index (χ1n) is 5.41. The minimum absolute atomic E-state index is 0.295. The summed E-state index contributed by atoms with van der Waals surface area (Å²) < 4.78 is 0. The Balaban J connectivity index is 0. The van der Waals surface area contributed by atoms with Crippen LogP contribution in [0.25, 0.3) is 0 Å². The number of nitriles is 1. The highest BCUT2D eigenvalue weighted by Crippen LogP contribution is 2.12. The minimum Gasteiger partial charge on any atom is -0.305 e. The van der Waals surface area contributed by atoms with Gasteiger partial charge in [0.05, 0.1) is 12.0 Å². The van der Waals surface area contributed by atoms with Crippen LogP contribution in [0, 0.1) is 17.2 Å². The summed E-state index contributed by atoms with van der Waals surface area (Å²) in [6, 6.07) is 2.29. The molecule has 0 aromatic heterocycles. The van der Waals surface area contributed by atoms with Crippen LogP contribution in [-0.4, -0.2) is 25.0 Å². The van der Waals surface area contributed by atoms with Crippen LogP contribution in [0.4, 0.5) is 0 Å². The number of likely N-dealkylation sites (tertiary alicyclic amines) is 1. The van der Waals surface area contributed by atoms with E-state index in [0.29, 0.717) is 5.92 Å². The monoisotopic (exact) mass is 184 g/mol. The molecule has 0 bridgehead atoms. The Bertz CT molecular complexity index is 127. The van der Waals surface area contributed by atoms with Crippen molar-refractivity contribution in [3.8, 4) is 6.07 Å². The van der Waals surface area contributed by atoms with Gasteiger partial charge < -0.3 is 4.90 Å². The van der Waals surface area contributed by atoms with Crippen molar-refractivity contribution in [1.82, 2.24) is 4.90 Å². The molecule has 1 saturated heterocycles. The third-order valence-electron chi connectivity index (χ3n) is 1.81. The maximum Gasteiger partial charge on any atom is 0.0669 e. The van der Waals surface area contributed by atoms with E-state index in [1.807, 2.05) is 27.7 Å². The molecule has 1 aliphatic heterocycles. The molecule has 0 aromatic rings. The van der Waals surface area contributed by atoms with E-state index >= 15 is 0 Å². The summed E-state index contributed by atoms with van der Waals surface area (Å²) in [6.45, 7) is 10.1. The first kappa shape index (κ1) is 14.9. The number of piperidine rings is 1. The first-order chi connectivity index (χ1) is 6.33. The fourth-order valence-corrected chi connectivity index (χ4v) is 1.27. The normalized spacial score (nSPS) is 21.4. The van der Waals surface area contributed by atoms with Crippen LogP contribution in [-0.2, 0) is 0 Å². The number of hydrogen-bond donors (Lipinski definition) is 0. The molecular formula is C11H24N2. The van der Waals surface area contributed by atoms with Crippen LogP contribution in [0.5, 0.6) is 0 Å². The molecule has 2 nitrogen and oxygen atoms in total. The highest BCUT2D eigenvalue weighted by Gasteiger charge is 2.15. The van der Waals surface area contributed by atoms with Gasteiger partial charge in [-0.05, 0) is 26.4 Å². The molecule has 1 fully saturated rings. The minimum atomic E-state index is 0.295. The largest absolute Gasteiger partial charge is 0.305 e. The Kier molecular flexibility index (Phi) is 13.2. The van der Waals surface area contributed by atoms with Gasteiger partial charge in [0.15, 0.2) is 0 Å². The zero-order chi connectivity index (χ0) is 10.7. The molecule has 0 spiro atoms. The Labute approximate surface area is 83.5 Å². The lowest BCUT2D eigenvalue weighted by molar-refractivity contribution is 0.241. The van der Waals surface area contributed by atoms with Gasteiger partial charge in [-0.3, -0.25) is 0 Å². The summed E-state index contributed by atoms with van der Waals surface area (Å²) in [5, 5.41) is 8.53. The SMILES string of the molecule is CC.CC.CN1CCCC(C#N)C1. The summed E-state index contributed by atoms with van der Waals surface area (Å²) >= 11 is 0. The summed E-state index contributed by atoms with van der Waals surface area (Å²) in [5.41, 5.74) is 0. The van der Waals surface area contributed by atoms with Crippen molar-refractivity contribution in [2.24, 2.45) is 5.92 Å². The summed E-state index contributed by atoms with van der Waals surface area (Å²) in [4.78, 5) is 2.22. The van der Waals surface area contributed by atoms with Crippen molar-refractivity contribution in [2.45, 2.75) is 40.5 Å². The van der Waals surface area contributed by atoms with Gasteiger partial charge in [-0.2, -0.15) is 5.26 Å². The van der Waals surface area contributed by atoms with Crippen molar-refractivity contribution >= 4 is 0 Å². The van der Waals surface area contributed by atoms with Crippen molar-refractivity contribution in [1.29, 1.82) is 5.26 Å². The van der Waals surface area contributed by atoms with Gasteiger partial charge in [0.25, 0.3) is 0 Å². The maximum atomic E-state index is 8.53. The predicted molar refractivity (Wildman–Crippen MR) is 58.5 cm³/mol. The van der Waals surface area contributed by atoms with E-state index in [2.05, 4.69) is 18.0 Å². The van der Waals surface area contributed by atoms with Gasteiger partial charge >= 0.3 is 0 Å². The van der Waals surface area contributed by atoms with Gasteiger partial charge in [0.1, 0.15) is 0 Å². The predicted octanol–water partition coefficient (Wildman–Crippen LogP) is 2.90. The quantitative estimate of drug-likeness (QED) is 0.579. The van der Waals surface area contributed by atoms with E-state index in [0.717, 1.165) is 19.5 Å². The van der Waals surface area contributed by atoms with Gasteiger partial charge in [0.2, 0.25) is 0 Å². The lowest BCUT2D eigenvalue weighted by Crippen LogP contribution is -2.31. The van der Waals surface area contributed by atoms with E-state index in [9.17, 15) is 0 Å². The molecule has 2 heteroatoms. The van der Waals surface area contributed by atoms with E-state index in [4.69, 9.17) is 5.26 Å². The molecule has 1 aliphatic rings. The fourth-order valence-electron chi connectivity index (χ4n) is 1.27. The third-order valence-corrected chi connectivity index (χ3v) is 1.81. The van der Waals surface area contributed by atoms with E-state index in [-0.39, 0.29) is 0 Å². The highest BCUT2D eigenvalue weighted by molar-refractivity contribution is 4.87. The molecule has 1 unspecified atom stereocenters. The molecule has 1 atom stereocenters. The number of hydrogen-bond acceptors (Lipinski definition) is 2. The van der Waals surface area contributed by atoms with E-state index < -0.39 is 0 Å². The number of nitrogens with zero attached hydrogens (tertiary/aromatic N) is 2. The second-order valence-electron chi connectivity index (χ2n) is 2.73. The molecular weight excluding hydrogens is 160 g/mol. The Morgan fingerprint density at radius 1 is 1.23 bits per heavy atom. The highest BCUT2D eigenvalue weighted by atomic mass is 15.1. The molecule has 0 aromatic carbocycles. The molecule has 0 saturated carbocycles. The lowest BCUT2D eigenvalue weighted by atomic mass is 10.0. The smallest absolute Gasteiger partial charge is 0.0669 e. The van der Waals surface area contributed by atoms with E-state index in [1.165, 1.54) is 6.42 Å². The second-order valence-corrected chi connectivity index (χ2v) is 2.73. The molecule has 0 N–H and O–H groups in total. The van der Waals surface area contributed by atoms with Crippen LogP contribution >= 0.6 is 0 Å². The molecule has 78 valence electrons. The van der Waals surface area contributed by atoms with Gasteiger partial charge in [-0.15, -0.1) is 0 Å². The summed E-state index contributed by atoms with van der Waals surface area (Å²) in [5.74, 6) is 0.295. The topological polar surface area (TPSA) is 27.0 Å². The Morgan fingerprint density at radius 2 is 1.77 bits per heavy atom. The maximum absolute atomic E-state index is 8.53. The second kappa shape index (κ2) is 11.4. The van der Waals surface area contributed by atoms with Crippen molar-refractivity contribution in [3.05, 3.63) is 0 Å². The van der Waals surface area contributed by atoms with Crippen molar-refractivity contribution in [3.63, 3.8) is 0 Å². The van der Waals surface area contributed by atoms with Gasteiger partial charge in [-0.25, -0.2) is 0 Å². The van der Waals surface area contributed by atoms with Crippen molar-refractivity contribution < 1.29 is 0 Å². The molecule has 0 amide bonds. The number of rotatable bonds is 0. The molecule has 1 heterocycles.